The monoisotopic (exact) mass is 363 g/mol. The molecule has 0 spiro atoms. The van der Waals surface area contributed by atoms with E-state index >= 15 is 0 Å². The number of benzene rings is 1. The zero-order chi connectivity index (χ0) is 18.7. The summed E-state index contributed by atoms with van der Waals surface area (Å²) >= 11 is 0. The van der Waals surface area contributed by atoms with Crippen LogP contribution in [0.25, 0.3) is 5.65 Å². The van der Waals surface area contributed by atoms with Crippen molar-refractivity contribution in [2.75, 3.05) is 18.5 Å². The van der Waals surface area contributed by atoms with E-state index in [1.807, 2.05) is 0 Å². The normalized spacial score (nSPS) is 10.9. The summed E-state index contributed by atoms with van der Waals surface area (Å²) in [7, 11) is 0. The summed E-state index contributed by atoms with van der Waals surface area (Å²) in [6.07, 6.45) is 2.19. The van der Waals surface area contributed by atoms with E-state index < -0.39 is 17.5 Å². The number of carbonyl (C=O) groups excluding carboxylic acids is 1. The van der Waals surface area contributed by atoms with E-state index in [2.05, 4.69) is 20.8 Å². The predicted molar refractivity (Wildman–Crippen MR) is 87.9 cm³/mol. The molecular weight excluding hydrogens is 348 g/mol. The van der Waals surface area contributed by atoms with Crippen molar-refractivity contribution in [3.8, 4) is 0 Å². The SMILES string of the molecule is Cc1ccc(Nc2c(C(=O)NOCCO)nc3c(F)cncn23)c(F)c1. The fourth-order valence-electron chi connectivity index (χ4n) is 2.27. The van der Waals surface area contributed by atoms with Crippen molar-refractivity contribution in [2.45, 2.75) is 6.92 Å². The molecular formula is C16H15F2N5O3. The number of aliphatic hydroxyl groups excluding tert-OH is 1. The van der Waals surface area contributed by atoms with Gasteiger partial charge in [-0.25, -0.2) is 24.2 Å². The number of anilines is 2. The van der Waals surface area contributed by atoms with Crippen molar-refractivity contribution in [3.63, 3.8) is 0 Å². The number of imidazole rings is 1. The number of amides is 1. The molecule has 3 rings (SSSR count). The zero-order valence-electron chi connectivity index (χ0n) is 13.7. The first kappa shape index (κ1) is 17.7. The number of hydroxylamine groups is 1. The molecule has 1 amide bonds. The summed E-state index contributed by atoms with van der Waals surface area (Å²) in [5.74, 6) is -2.08. The molecule has 0 unspecified atom stereocenters. The molecule has 3 aromatic rings. The van der Waals surface area contributed by atoms with E-state index in [-0.39, 0.29) is 36.1 Å². The molecule has 2 heterocycles. The second-order valence-electron chi connectivity index (χ2n) is 5.36. The van der Waals surface area contributed by atoms with Gasteiger partial charge >= 0.3 is 0 Å². The Morgan fingerprint density at radius 2 is 2.15 bits per heavy atom. The molecule has 8 nitrogen and oxygen atoms in total. The number of halogens is 2. The molecule has 0 aliphatic carbocycles. The lowest BCUT2D eigenvalue weighted by atomic mass is 10.2. The Morgan fingerprint density at radius 3 is 2.88 bits per heavy atom. The Labute approximate surface area is 146 Å². The number of rotatable bonds is 6. The minimum absolute atomic E-state index is 0.0138. The predicted octanol–water partition coefficient (Wildman–Crippen LogP) is 1.71. The van der Waals surface area contributed by atoms with E-state index in [1.165, 1.54) is 22.9 Å². The number of nitrogens with zero attached hydrogens (tertiary/aromatic N) is 3. The second-order valence-corrected chi connectivity index (χ2v) is 5.36. The third kappa shape index (κ3) is 3.46. The van der Waals surface area contributed by atoms with Gasteiger partial charge in [0, 0.05) is 0 Å². The summed E-state index contributed by atoms with van der Waals surface area (Å²) in [6, 6.07) is 4.48. The summed E-state index contributed by atoms with van der Waals surface area (Å²) in [4.78, 5) is 24.7. The Morgan fingerprint density at radius 1 is 1.35 bits per heavy atom. The standard InChI is InChI=1S/C16H15F2N5O3/c1-9-2-3-12(10(17)6-9)20-15-13(16(25)22-26-5-4-24)21-14-11(18)7-19-8-23(14)15/h2-3,6-8,20,24H,4-5H2,1H3,(H,22,25). The molecule has 0 radical (unpaired) electrons. The molecule has 0 aliphatic heterocycles. The van der Waals surface area contributed by atoms with E-state index in [0.29, 0.717) is 5.56 Å². The third-order valence-corrected chi connectivity index (χ3v) is 3.45. The number of hydrogen-bond donors (Lipinski definition) is 3. The zero-order valence-corrected chi connectivity index (χ0v) is 13.7. The molecule has 0 saturated carbocycles. The van der Waals surface area contributed by atoms with Gasteiger partial charge in [-0.3, -0.25) is 14.0 Å². The minimum Gasteiger partial charge on any atom is -0.394 e. The van der Waals surface area contributed by atoms with Crippen LogP contribution in [0.2, 0.25) is 0 Å². The molecule has 0 bridgehead atoms. The lowest BCUT2D eigenvalue weighted by molar-refractivity contribution is 0.0166. The van der Waals surface area contributed by atoms with Crippen molar-refractivity contribution in [2.24, 2.45) is 0 Å². The molecule has 0 saturated heterocycles. The van der Waals surface area contributed by atoms with Gasteiger partial charge in [-0.2, -0.15) is 0 Å². The van der Waals surface area contributed by atoms with Gasteiger partial charge < -0.3 is 10.4 Å². The lowest BCUT2D eigenvalue weighted by Crippen LogP contribution is -2.26. The van der Waals surface area contributed by atoms with Gasteiger partial charge in [0.15, 0.2) is 17.2 Å². The maximum Gasteiger partial charge on any atom is 0.297 e. The number of aryl methyl sites for hydroxylation is 1. The van der Waals surface area contributed by atoms with Crippen molar-refractivity contribution < 1.29 is 23.5 Å². The van der Waals surface area contributed by atoms with Gasteiger partial charge in [0.2, 0.25) is 0 Å². The molecule has 10 heteroatoms. The van der Waals surface area contributed by atoms with E-state index in [0.717, 1.165) is 6.20 Å². The number of fused-ring (bicyclic) bond motifs is 1. The van der Waals surface area contributed by atoms with E-state index in [9.17, 15) is 13.6 Å². The first-order valence-electron chi connectivity index (χ1n) is 7.59. The fourth-order valence-corrected chi connectivity index (χ4v) is 2.27. The highest BCUT2D eigenvalue weighted by atomic mass is 19.1. The van der Waals surface area contributed by atoms with Crippen LogP contribution in [-0.4, -0.2) is 38.6 Å². The Bertz CT molecular complexity index is 960. The van der Waals surface area contributed by atoms with Crippen LogP contribution >= 0.6 is 0 Å². The smallest absolute Gasteiger partial charge is 0.297 e. The summed E-state index contributed by atoms with van der Waals surface area (Å²) in [6.45, 7) is 1.30. The van der Waals surface area contributed by atoms with Crippen molar-refractivity contribution in [1.82, 2.24) is 19.8 Å². The van der Waals surface area contributed by atoms with Crippen LogP contribution in [-0.2, 0) is 4.84 Å². The lowest BCUT2D eigenvalue weighted by Gasteiger charge is -2.10. The van der Waals surface area contributed by atoms with Crippen LogP contribution in [0, 0.1) is 18.6 Å². The molecule has 2 aromatic heterocycles. The number of aromatic nitrogens is 3. The molecule has 0 atom stereocenters. The highest BCUT2D eigenvalue weighted by Crippen LogP contribution is 2.25. The number of nitrogens with one attached hydrogen (secondary N) is 2. The van der Waals surface area contributed by atoms with Crippen LogP contribution in [0.4, 0.5) is 20.3 Å². The van der Waals surface area contributed by atoms with Gasteiger partial charge in [0.25, 0.3) is 5.91 Å². The van der Waals surface area contributed by atoms with Crippen molar-refractivity contribution >= 4 is 23.1 Å². The van der Waals surface area contributed by atoms with E-state index in [1.54, 1.807) is 13.0 Å². The summed E-state index contributed by atoms with van der Waals surface area (Å²) in [5.41, 5.74) is 2.48. The van der Waals surface area contributed by atoms with Crippen LogP contribution in [0.15, 0.2) is 30.7 Å². The highest BCUT2D eigenvalue weighted by molar-refractivity contribution is 5.98. The molecule has 0 aliphatic rings. The minimum atomic E-state index is -0.795. The molecule has 0 fully saturated rings. The van der Waals surface area contributed by atoms with Crippen molar-refractivity contribution in [1.29, 1.82) is 0 Å². The van der Waals surface area contributed by atoms with Crippen LogP contribution in [0.3, 0.4) is 0 Å². The Balaban J connectivity index is 2.04. The van der Waals surface area contributed by atoms with Crippen LogP contribution in [0.1, 0.15) is 16.1 Å². The molecule has 136 valence electrons. The maximum atomic E-state index is 14.2. The van der Waals surface area contributed by atoms with Gasteiger partial charge in [-0.05, 0) is 24.6 Å². The van der Waals surface area contributed by atoms with Crippen LogP contribution < -0.4 is 10.8 Å². The number of carbonyl (C=O) groups is 1. The van der Waals surface area contributed by atoms with Gasteiger partial charge in [0.05, 0.1) is 25.1 Å². The molecule has 26 heavy (non-hydrogen) atoms. The molecule has 1 aromatic carbocycles. The largest absolute Gasteiger partial charge is 0.394 e. The second kappa shape index (κ2) is 7.42. The van der Waals surface area contributed by atoms with Gasteiger partial charge in [-0.15, -0.1) is 0 Å². The number of aliphatic hydroxyl groups is 1. The maximum absolute atomic E-state index is 14.2. The average molecular weight is 363 g/mol. The topological polar surface area (TPSA) is 101 Å². The van der Waals surface area contributed by atoms with Crippen molar-refractivity contribution in [3.05, 3.63) is 53.6 Å². The first-order chi connectivity index (χ1) is 12.5. The Kier molecular flexibility index (Phi) is 5.05. The van der Waals surface area contributed by atoms with Crippen LogP contribution in [0.5, 0.6) is 0 Å². The number of hydrogen-bond acceptors (Lipinski definition) is 6. The first-order valence-corrected chi connectivity index (χ1v) is 7.59. The summed E-state index contributed by atoms with van der Waals surface area (Å²) in [5, 5.41) is 11.4. The Hall–Kier alpha value is -3.11. The average Bonchev–Trinajstić information content (AvgIpc) is 2.98. The molecule has 3 N–H and O–H groups in total. The third-order valence-electron chi connectivity index (χ3n) is 3.45. The van der Waals surface area contributed by atoms with E-state index in [4.69, 9.17) is 9.94 Å². The highest BCUT2D eigenvalue weighted by Gasteiger charge is 2.22. The van der Waals surface area contributed by atoms with Gasteiger partial charge in [0.1, 0.15) is 18.0 Å². The summed E-state index contributed by atoms with van der Waals surface area (Å²) < 4.78 is 29.3. The quantitative estimate of drug-likeness (QED) is 0.455. The fraction of sp³-hybridized carbons (Fsp3) is 0.188. The van der Waals surface area contributed by atoms with Gasteiger partial charge in [-0.1, -0.05) is 6.07 Å².